The van der Waals surface area contributed by atoms with Crippen LogP contribution in [0.5, 0.6) is 0 Å². The molecule has 3 rings (SSSR count). The third-order valence-electron chi connectivity index (χ3n) is 5.71. The van der Waals surface area contributed by atoms with Crippen LogP contribution in [0.15, 0.2) is 18.3 Å². The minimum absolute atomic E-state index is 0.390. The number of nitrogens with zero attached hydrogens (tertiary/aromatic N) is 2. The van der Waals surface area contributed by atoms with Gasteiger partial charge in [-0.3, -0.25) is 0 Å². The quantitative estimate of drug-likeness (QED) is 0.780. The predicted molar refractivity (Wildman–Crippen MR) is 105 cm³/mol. The van der Waals surface area contributed by atoms with Gasteiger partial charge in [-0.25, -0.2) is 0 Å². The topological polar surface area (TPSA) is 33.9 Å². The highest BCUT2D eigenvalue weighted by atomic mass is 32.1. The largest absolute Gasteiger partial charge is 0.370 e. The standard InChI is InChI=1S/C19H32N4OS/c1-16-5-6-18(17-4-3-9-21(17)2)23(10-7-16)19(25)20-8-11-22-12-14-24-15-13-22/h3-4,9,16,18H,5-8,10-15H2,1-2H3,(H,20,25)/p+1/t16-,18+/m0/s1. The Bertz CT molecular complexity index is 555. The summed E-state index contributed by atoms with van der Waals surface area (Å²) >= 11 is 5.81. The van der Waals surface area contributed by atoms with Crippen molar-refractivity contribution in [3.63, 3.8) is 0 Å². The van der Waals surface area contributed by atoms with Crippen molar-refractivity contribution in [2.75, 3.05) is 45.9 Å². The third kappa shape index (κ3) is 4.96. The molecule has 6 heteroatoms. The van der Waals surface area contributed by atoms with Gasteiger partial charge in [0.25, 0.3) is 0 Å². The fraction of sp³-hybridized carbons (Fsp3) is 0.737. The second-order valence-electron chi connectivity index (χ2n) is 7.57. The maximum absolute atomic E-state index is 5.81. The Morgan fingerprint density at radius 1 is 1.32 bits per heavy atom. The van der Waals surface area contributed by atoms with E-state index in [0.29, 0.717) is 6.04 Å². The van der Waals surface area contributed by atoms with E-state index in [9.17, 15) is 0 Å². The molecule has 0 aliphatic carbocycles. The lowest BCUT2D eigenvalue weighted by atomic mass is 10.0. The first kappa shape index (κ1) is 18.7. The number of nitrogens with one attached hydrogen (secondary N) is 2. The molecule has 2 N–H and O–H groups in total. The number of quaternary nitrogens is 1. The molecule has 2 fully saturated rings. The first-order valence-corrected chi connectivity index (χ1v) is 10.1. The first-order chi connectivity index (χ1) is 12.1. The summed E-state index contributed by atoms with van der Waals surface area (Å²) in [6, 6.07) is 4.77. The number of thiocarbonyl (C=S) groups is 1. The molecule has 0 radical (unpaired) electrons. The molecule has 0 bridgehead atoms. The number of aromatic nitrogens is 1. The van der Waals surface area contributed by atoms with Crippen LogP contribution in [-0.4, -0.2) is 60.5 Å². The predicted octanol–water partition coefficient (Wildman–Crippen LogP) is 0.978. The van der Waals surface area contributed by atoms with Gasteiger partial charge in [0.05, 0.1) is 32.3 Å². The molecule has 3 heterocycles. The van der Waals surface area contributed by atoms with E-state index in [4.69, 9.17) is 17.0 Å². The molecule has 2 aliphatic heterocycles. The second kappa shape index (κ2) is 9.01. The molecule has 5 nitrogen and oxygen atoms in total. The number of rotatable bonds is 4. The van der Waals surface area contributed by atoms with Gasteiger partial charge in [0, 0.05) is 25.5 Å². The molecule has 0 spiro atoms. The van der Waals surface area contributed by atoms with E-state index in [1.165, 1.54) is 25.0 Å². The minimum atomic E-state index is 0.390. The Hall–Kier alpha value is -1.11. The van der Waals surface area contributed by atoms with Gasteiger partial charge in [0.2, 0.25) is 0 Å². The molecule has 0 amide bonds. The smallest absolute Gasteiger partial charge is 0.169 e. The number of aryl methyl sites for hydroxylation is 1. The number of hydrogen-bond donors (Lipinski definition) is 2. The maximum Gasteiger partial charge on any atom is 0.169 e. The average molecular weight is 366 g/mol. The summed E-state index contributed by atoms with van der Waals surface area (Å²) < 4.78 is 7.68. The van der Waals surface area contributed by atoms with E-state index in [1.54, 1.807) is 4.90 Å². The van der Waals surface area contributed by atoms with Crippen molar-refractivity contribution in [2.45, 2.75) is 32.2 Å². The van der Waals surface area contributed by atoms with Crippen LogP contribution in [0.4, 0.5) is 0 Å². The molecular formula is C19H33N4OS+. The summed E-state index contributed by atoms with van der Waals surface area (Å²) in [5.74, 6) is 0.772. The van der Waals surface area contributed by atoms with Crippen LogP contribution < -0.4 is 10.2 Å². The molecule has 1 aromatic heterocycles. The number of morpholine rings is 1. The zero-order valence-electron chi connectivity index (χ0n) is 15.7. The summed E-state index contributed by atoms with van der Waals surface area (Å²) in [5.41, 5.74) is 1.37. The van der Waals surface area contributed by atoms with E-state index in [0.717, 1.165) is 57.0 Å². The average Bonchev–Trinajstić information content (AvgIpc) is 2.94. The maximum atomic E-state index is 5.81. The first-order valence-electron chi connectivity index (χ1n) is 9.72. The molecule has 0 aromatic carbocycles. The molecule has 1 aromatic rings. The van der Waals surface area contributed by atoms with E-state index < -0.39 is 0 Å². The molecule has 0 saturated carbocycles. The summed E-state index contributed by atoms with van der Waals surface area (Å²) in [6.07, 6.45) is 5.81. The van der Waals surface area contributed by atoms with Gasteiger partial charge in [0.15, 0.2) is 5.11 Å². The Kier molecular flexibility index (Phi) is 6.73. The van der Waals surface area contributed by atoms with Crippen molar-refractivity contribution in [1.82, 2.24) is 14.8 Å². The van der Waals surface area contributed by atoms with Crippen molar-refractivity contribution in [3.8, 4) is 0 Å². The van der Waals surface area contributed by atoms with Crippen LogP contribution in [0.3, 0.4) is 0 Å². The van der Waals surface area contributed by atoms with E-state index >= 15 is 0 Å². The van der Waals surface area contributed by atoms with Crippen molar-refractivity contribution >= 4 is 17.3 Å². The lowest BCUT2D eigenvalue weighted by molar-refractivity contribution is -0.906. The molecule has 140 valence electrons. The SMILES string of the molecule is C[C@H]1CC[C@H](c2cccn2C)N(C(=S)NCC[NH+]2CCOCC2)CC1. The van der Waals surface area contributed by atoms with Gasteiger partial charge in [-0.15, -0.1) is 0 Å². The summed E-state index contributed by atoms with van der Waals surface area (Å²) in [6.45, 7) is 9.47. The molecule has 2 aliphatic rings. The lowest BCUT2D eigenvalue weighted by Gasteiger charge is -2.33. The van der Waals surface area contributed by atoms with Gasteiger partial charge in [-0.2, -0.15) is 0 Å². The highest BCUT2D eigenvalue weighted by Crippen LogP contribution is 2.32. The van der Waals surface area contributed by atoms with Gasteiger partial charge < -0.3 is 24.4 Å². The highest BCUT2D eigenvalue weighted by molar-refractivity contribution is 7.80. The van der Waals surface area contributed by atoms with Crippen molar-refractivity contribution in [3.05, 3.63) is 24.0 Å². The molecule has 0 unspecified atom stereocenters. The van der Waals surface area contributed by atoms with Gasteiger partial charge in [-0.1, -0.05) is 6.92 Å². The fourth-order valence-corrected chi connectivity index (χ4v) is 4.31. The van der Waals surface area contributed by atoms with E-state index in [-0.39, 0.29) is 0 Å². The lowest BCUT2D eigenvalue weighted by Crippen LogP contribution is -3.14. The summed E-state index contributed by atoms with van der Waals surface area (Å²) in [7, 11) is 2.14. The van der Waals surface area contributed by atoms with Crippen molar-refractivity contribution in [2.24, 2.45) is 13.0 Å². The van der Waals surface area contributed by atoms with Gasteiger partial charge in [-0.05, 0) is 49.5 Å². The monoisotopic (exact) mass is 365 g/mol. The highest BCUT2D eigenvalue weighted by Gasteiger charge is 2.28. The number of hydrogen-bond acceptors (Lipinski definition) is 2. The van der Waals surface area contributed by atoms with Gasteiger partial charge >= 0.3 is 0 Å². The van der Waals surface area contributed by atoms with Crippen LogP contribution in [0.2, 0.25) is 0 Å². The Labute approximate surface area is 157 Å². The van der Waals surface area contributed by atoms with Crippen molar-refractivity contribution in [1.29, 1.82) is 0 Å². The number of ether oxygens (including phenoxy) is 1. The van der Waals surface area contributed by atoms with E-state index in [2.05, 4.69) is 47.1 Å². The Morgan fingerprint density at radius 2 is 2.12 bits per heavy atom. The zero-order valence-corrected chi connectivity index (χ0v) is 16.5. The second-order valence-corrected chi connectivity index (χ2v) is 7.96. The van der Waals surface area contributed by atoms with Crippen molar-refractivity contribution < 1.29 is 9.64 Å². The zero-order chi connectivity index (χ0) is 17.6. The molecule has 25 heavy (non-hydrogen) atoms. The normalized spacial score (nSPS) is 25.6. The van der Waals surface area contributed by atoms with Gasteiger partial charge in [0.1, 0.15) is 13.1 Å². The Morgan fingerprint density at radius 3 is 2.84 bits per heavy atom. The summed E-state index contributed by atoms with van der Waals surface area (Å²) in [5, 5.41) is 4.46. The fourth-order valence-electron chi connectivity index (χ4n) is 3.99. The summed E-state index contributed by atoms with van der Waals surface area (Å²) in [4.78, 5) is 4.05. The van der Waals surface area contributed by atoms with Crippen LogP contribution in [0.25, 0.3) is 0 Å². The molecule has 2 saturated heterocycles. The number of likely N-dealkylation sites (tertiary alicyclic amines) is 1. The minimum Gasteiger partial charge on any atom is -0.370 e. The third-order valence-corrected chi connectivity index (χ3v) is 6.09. The van der Waals surface area contributed by atoms with E-state index in [1.807, 2.05) is 0 Å². The van der Waals surface area contributed by atoms with Crippen LogP contribution >= 0.6 is 12.2 Å². The van der Waals surface area contributed by atoms with Crippen LogP contribution in [0.1, 0.15) is 37.9 Å². The molecular weight excluding hydrogens is 332 g/mol. The molecule has 2 atom stereocenters. The van der Waals surface area contributed by atoms with Crippen LogP contribution in [0, 0.1) is 5.92 Å². The Balaban J connectivity index is 1.59. The van der Waals surface area contributed by atoms with Crippen LogP contribution in [-0.2, 0) is 11.8 Å².